The topological polar surface area (TPSA) is 35.8 Å². The largest absolute Gasteiger partial charge is 0.310 e. The Morgan fingerprint density at radius 2 is 2.10 bits per heavy atom. The second-order valence-corrected chi connectivity index (χ2v) is 5.72. The summed E-state index contributed by atoms with van der Waals surface area (Å²) in [6.07, 6.45) is 7.82. The average molecular weight is 274 g/mol. The minimum atomic E-state index is -0.435. The summed E-state index contributed by atoms with van der Waals surface area (Å²) in [5.41, 5.74) is 1.12. The molecule has 1 N–H and O–H groups in total. The van der Waals surface area contributed by atoms with Gasteiger partial charge in [-0.05, 0) is 42.9 Å². The van der Waals surface area contributed by atoms with Gasteiger partial charge in [0.15, 0.2) is 0 Å². The Morgan fingerprint density at radius 1 is 1.35 bits per heavy atom. The first-order valence-corrected chi connectivity index (χ1v) is 7.66. The smallest absolute Gasteiger partial charge is 0.140 e. The van der Waals surface area contributed by atoms with Crippen molar-refractivity contribution in [2.75, 3.05) is 0 Å². The fourth-order valence-corrected chi connectivity index (χ4v) is 3.20. The third-order valence-electron chi connectivity index (χ3n) is 4.38. The molecule has 3 heteroatoms. The maximum Gasteiger partial charge on any atom is 0.140 e. The van der Waals surface area contributed by atoms with Gasteiger partial charge in [0, 0.05) is 12.6 Å². The Hall–Kier alpha value is -1.40. The number of hydrogen-bond donors (Lipinski definition) is 1. The number of nitriles is 1. The Bertz CT molecular complexity index is 472. The molecule has 0 aliphatic heterocycles. The summed E-state index contributed by atoms with van der Waals surface area (Å²) in [5.74, 6) is 0.334. The maximum absolute atomic E-state index is 13.3. The Balaban J connectivity index is 1.94. The van der Waals surface area contributed by atoms with E-state index < -0.39 is 5.82 Å². The van der Waals surface area contributed by atoms with Crippen molar-refractivity contribution in [3.05, 3.63) is 35.1 Å². The van der Waals surface area contributed by atoms with Gasteiger partial charge in [0.1, 0.15) is 11.9 Å². The highest BCUT2D eigenvalue weighted by molar-refractivity contribution is 5.34. The van der Waals surface area contributed by atoms with E-state index in [2.05, 4.69) is 12.2 Å². The normalized spacial score (nSPS) is 17.6. The average Bonchev–Trinajstić information content (AvgIpc) is 2.50. The molecule has 2 nitrogen and oxygen atoms in total. The van der Waals surface area contributed by atoms with Crippen LogP contribution in [0.3, 0.4) is 0 Å². The van der Waals surface area contributed by atoms with E-state index in [1.54, 1.807) is 12.1 Å². The van der Waals surface area contributed by atoms with Crippen LogP contribution in [-0.2, 0) is 6.54 Å². The van der Waals surface area contributed by atoms with Crippen LogP contribution in [-0.4, -0.2) is 6.04 Å². The van der Waals surface area contributed by atoms with Crippen molar-refractivity contribution in [3.63, 3.8) is 0 Å². The van der Waals surface area contributed by atoms with E-state index in [9.17, 15) is 4.39 Å². The lowest BCUT2D eigenvalue weighted by Gasteiger charge is -2.30. The molecule has 1 aliphatic carbocycles. The summed E-state index contributed by atoms with van der Waals surface area (Å²) in [7, 11) is 0. The quantitative estimate of drug-likeness (QED) is 0.875. The van der Waals surface area contributed by atoms with Gasteiger partial charge in [0.2, 0.25) is 0 Å². The van der Waals surface area contributed by atoms with Gasteiger partial charge >= 0.3 is 0 Å². The Kier molecular flexibility index (Phi) is 5.55. The summed E-state index contributed by atoms with van der Waals surface area (Å²) in [6.45, 7) is 2.93. The van der Waals surface area contributed by atoms with Crippen LogP contribution < -0.4 is 5.32 Å². The van der Waals surface area contributed by atoms with E-state index >= 15 is 0 Å². The van der Waals surface area contributed by atoms with Crippen LogP contribution in [0.25, 0.3) is 0 Å². The van der Waals surface area contributed by atoms with Crippen molar-refractivity contribution in [3.8, 4) is 6.07 Å². The monoisotopic (exact) mass is 274 g/mol. The molecule has 1 fully saturated rings. The summed E-state index contributed by atoms with van der Waals surface area (Å²) in [4.78, 5) is 0. The lowest BCUT2D eigenvalue weighted by Crippen LogP contribution is -2.36. The zero-order valence-corrected chi connectivity index (χ0v) is 12.2. The van der Waals surface area contributed by atoms with Gasteiger partial charge in [-0.3, -0.25) is 0 Å². The van der Waals surface area contributed by atoms with Crippen LogP contribution in [0.4, 0.5) is 4.39 Å². The van der Waals surface area contributed by atoms with Crippen molar-refractivity contribution < 1.29 is 4.39 Å². The second kappa shape index (κ2) is 7.40. The maximum atomic E-state index is 13.3. The summed E-state index contributed by atoms with van der Waals surface area (Å²) in [6, 6.07) is 7.23. The molecule has 0 heterocycles. The molecule has 1 unspecified atom stereocenters. The first kappa shape index (κ1) is 15.0. The Morgan fingerprint density at radius 3 is 2.75 bits per heavy atom. The van der Waals surface area contributed by atoms with Crippen LogP contribution in [0, 0.1) is 23.1 Å². The third kappa shape index (κ3) is 3.80. The number of benzene rings is 1. The summed E-state index contributed by atoms with van der Waals surface area (Å²) < 4.78 is 13.3. The van der Waals surface area contributed by atoms with Crippen molar-refractivity contribution in [1.29, 1.82) is 5.26 Å². The number of nitrogens with zero attached hydrogens (tertiary/aromatic N) is 1. The van der Waals surface area contributed by atoms with E-state index in [0.29, 0.717) is 12.6 Å². The first-order chi connectivity index (χ1) is 9.74. The molecule has 1 aliphatic rings. The van der Waals surface area contributed by atoms with Crippen LogP contribution in [0.5, 0.6) is 0 Å². The fourth-order valence-electron chi connectivity index (χ4n) is 3.20. The third-order valence-corrected chi connectivity index (χ3v) is 4.38. The number of rotatable bonds is 5. The highest BCUT2D eigenvalue weighted by Gasteiger charge is 2.21. The van der Waals surface area contributed by atoms with Crippen LogP contribution >= 0.6 is 0 Å². The van der Waals surface area contributed by atoms with Gasteiger partial charge in [0.05, 0.1) is 5.56 Å². The molecule has 1 aromatic rings. The van der Waals surface area contributed by atoms with Crippen LogP contribution in [0.15, 0.2) is 18.2 Å². The van der Waals surface area contributed by atoms with Crippen molar-refractivity contribution in [2.24, 2.45) is 5.92 Å². The van der Waals surface area contributed by atoms with Gasteiger partial charge in [-0.2, -0.15) is 5.26 Å². The lowest BCUT2D eigenvalue weighted by molar-refractivity contribution is 0.261. The molecule has 0 radical (unpaired) electrons. The summed E-state index contributed by atoms with van der Waals surface area (Å²) >= 11 is 0. The SMILES string of the molecule is CCC(NCc1ccc(F)c(C#N)c1)C1CCCCC1. The highest BCUT2D eigenvalue weighted by atomic mass is 19.1. The molecular weight excluding hydrogens is 251 g/mol. The molecule has 1 aromatic carbocycles. The number of halogens is 1. The van der Waals surface area contributed by atoms with Gasteiger partial charge in [-0.1, -0.05) is 32.3 Å². The van der Waals surface area contributed by atoms with Crippen LogP contribution in [0.1, 0.15) is 56.6 Å². The number of nitrogens with one attached hydrogen (secondary N) is 1. The Labute approximate surface area is 121 Å². The summed E-state index contributed by atoms with van der Waals surface area (Å²) in [5, 5.41) is 12.5. The standard InChI is InChI=1S/C17H23FN2/c1-2-17(14-6-4-3-5-7-14)20-12-13-8-9-16(18)15(10-13)11-19/h8-10,14,17,20H,2-7,12H2,1H3. The predicted molar refractivity (Wildman–Crippen MR) is 78.6 cm³/mol. The van der Waals surface area contributed by atoms with E-state index in [1.807, 2.05) is 6.07 Å². The van der Waals surface area contributed by atoms with E-state index in [4.69, 9.17) is 5.26 Å². The zero-order chi connectivity index (χ0) is 14.4. The van der Waals surface area contributed by atoms with Crippen molar-refractivity contribution >= 4 is 0 Å². The minimum absolute atomic E-state index is 0.134. The van der Waals surface area contributed by atoms with E-state index in [-0.39, 0.29) is 5.56 Å². The first-order valence-electron chi connectivity index (χ1n) is 7.66. The van der Waals surface area contributed by atoms with Crippen molar-refractivity contribution in [2.45, 2.75) is 58.0 Å². The van der Waals surface area contributed by atoms with Crippen molar-refractivity contribution in [1.82, 2.24) is 5.32 Å². The molecule has 1 atom stereocenters. The van der Waals surface area contributed by atoms with E-state index in [1.165, 1.54) is 38.2 Å². The predicted octanol–water partition coefficient (Wildman–Crippen LogP) is 4.15. The van der Waals surface area contributed by atoms with Gasteiger partial charge in [0.25, 0.3) is 0 Å². The number of hydrogen-bond acceptors (Lipinski definition) is 2. The molecule has 108 valence electrons. The molecule has 2 rings (SSSR count). The fraction of sp³-hybridized carbons (Fsp3) is 0.588. The zero-order valence-electron chi connectivity index (χ0n) is 12.2. The van der Waals surface area contributed by atoms with Crippen LogP contribution in [0.2, 0.25) is 0 Å². The van der Waals surface area contributed by atoms with Gasteiger partial charge < -0.3 is 5.32 Å². The molecule has 0 saturated heterocycles. The molecule has 1 saturated carbocycles. The molecule has 20 heavy (non-hydrogen) atoms. The molecular formula is C17H23FN2. The molecule has 0 amide bonds. The van der Waals surface area contributed by atoms with E-state index in [0.717, 1.165) is 17.9 Å². The van der Waals surface area contributed by atoms with Gasteiger partial charge in [-0.25, -0.2) is 4.39 Å². The molecule has 0 bridgehead atoms. The second-order valence-electron chi connectivity index (χ2n) is 5.72. The highest BCUT2D eigenvalue weighted by Crippen LogP contribution is 2.27. The van der Waals surface area contributed by atoms with Gasteiger partial charge in [-0.15, -0.1) is 0 Å². The lowest BCUT2D eigenvalue weighted by atomic mass is 9.83. The molecule has 0 spiro atoms. The minimum Gasteiger partial charge on any atom is -0.310 e. The molecule has 0 aromatic heterocycles.